The standard InChI is InChI=1S/C13H15BrN2O3S/c1-8(17)20-7-9-5-12(18)16(6-9)10-3-4-11(14)15-13(10)19-2/h3-4,9H,5-7H2,1-2H3. The van der Waals surface area contributed by atoms with Crippen molar-refractivity contribution in [1.29, 1.82) is 0 Å². The van der Waals surface area contributed by atoms with Crippen molar-refractivity contribution in [2.45, 2.75) is 13.3 Å². The lowest BCUT2D eigenvalue weighted by molar-refractivity contribution is -0.117. The van der Waals surface area contributed by atoms with Gasteiger partial charge < -0.3 is 9.64 Å². The number of amides is 1. The molecule has 0 radical (unpaired) electrons. The summed E-state index contributed by atoms with van der Waals surface area (Å²) in [5.74, 6) is 1.32. The molecule has 1 aliphatic rings. The highest BCUT2D eigenvalue weighted by atomic mass is 79.9. The highest BCUT2D eigenvalue weighted by Gasteiger charge is 2.32. The zero-order chi connectivity index (χ0) is 14.7. The lowest BCUT2D eigenvalue weighted by Crippen LogP contribution is -2.25. The Labute approximate surface area is 130 Å². The second-order valence-corrected chi connectivity index (χ2v) is 6.55. The first-order chi connectivity index (χ1) is 9.51. The summed E-state index contributed by atoms with van der Waals surface area (Å²) in [6, 6.07) is 3.59. The molecule has 0 aliphatic carbocycles. The topological polar surface area (TPSA) is 59.5 Å². The van der Waals surface area contributed by atoms with Crippen molar-refractivity contribution < 1.29 is 14.3 Å². The first-order valence-corrected chi connectivity index (χ1v) is 7.93. The Bertz CT molecular complexity index is 538. The fourth-order valence-corrected chi connectivity index (χ4v) is 3.11. The Morgan fingerprint density at radius 1 is 1.60 bits per heavy atom. The maximum atomic E-state index is 12.1. The number of carbonyl (C=O) groups excluding carboxylic acids is 2. The van der Waals surface area contributed by atoms with E-state index >= 15 is 0 Å². The van der Waals surface area contributed by atoms with Gasteiger partial charge in [-0.05, 0) is 34.0 Å². The van der Waals surface area contributed by atoms with Gasteiger partial charge >= 0.3 is 0 Å². The van der Waals surface area contributed by atoms with Crippen molar-refractivity contribution in [2.75, 3.05) is 24.3 Å². The number of ether oxygens (including phenoxy) is 1. The van der Waals surface area contributed by atoms with Crippen LogP contribution in [-0.4, -0.2) is 35.4 Å². The van der Waals surface area contributed by atoms with Gasteiger partial charge in [-0.15, -0.1) is 0 Å². The van der Waals surface area contributed by atoms with Crippen LogP contribution in [0.5, 0.6) is 5.88 Å². The van der Waals surface area contributed by atoms with Crippen LogP contribution in [0.3, 0.4) is 0 Å². The number of thioether (sulfide) groups is 1. The SMILES string of the molecule is COc1nc(Br)ccc1N1CC(CSC(C)=O)CC1=O. The number of carbonyl (C=O) groups is 2. The van der Waals surface area contributed by atoms with Gasteiger partial charge in [-0.1, -0.05) is 11.8 Å². The second-order valence-electron chi connectivity index (χ2n) is 4.54. The van der Waals surface area contributed by atoms with Crippen LogP contribution in [0.25, 0.3) is 0 Å². The van der Waals surface area contributed by atoms with Crippen LogP contribution in [0.1, 0.15) is 13.3 Å². The normalized spacial score (nSPS) is 18.4. The Morgan fingerprint density at radius 2 is 2.35 bits per heavy atom. The molecule has 1 unspecified atom stereocenters. The van der Waals surface area contributed by atoms with Gasteiger partial charge in [0.15, 0.2) is 5.12 Å². The first-order valence-electron chi connectivity index (χ1n) is 6.15. The van der Waals surface area contributed by atoms with Gasteiger partial charge in [-0.3, -0.25) is 9.59 Å². The molecule has 0 saturated carbocycles. The third-order valence-electron chi connectivity index (χ3n) is 3.02. The summed E-state index contributed by atoms with van der Waals surface area (Å²) in [4.78, 5) is 29.0. The fraction of sp³-hybridized carbons (Fsp3) is 0.462. The van der Waals surface area contributed by atoms with Crippen molar-refractivity contribution >= 4 is 44.4 Å². The van der Waals surface area contributed by atoms with Crippen LogP contribution in [-0.2, 0) is 9.59 Å². The van der Waals surface area contributed by atoms with E-state index in [0.29, 0.717) is 34.9 Å². The fourth-order valence-electron chi connectivity index (χ4n) is 2.13. The van der Waals surface area contributed by atoms with Crippen LogP contribution < -0.4 is 9.64 Å². The number of hydrogen-bond donors (Lipinski definition) is 0. The van der Waals surface area contributed by atoms with Crippen molar-refractivity contribution in [3.8, 4) is 5.88 Å². The third kappa shape index (κ3) is 3.52. The molecule has 1 amide bonds. The average molecular weight is 359 g/mol. The van der Waals surface area contributed by atoms with E-state index < -0.39 is 0 Å². The minimum absolute atomic E-state index is 0.0431. The average Bonchev–Trinajstić information content (AvgIpc) is 2.77. The number of methoxy groups -OCH3 is 1. The first kappa shape index (κ1) is 15.3. The van der Waals surface area contributed by atoms with Crippen molar-refractivity contribution in [3.63, 3.8) is 0 Å². The maximum absolute atomic E-state index is 12.1. The number of nitrogens with zero attached hydrogens (tertiary/aromatic N) is 2. The number of hydrogen-bond acceptors (Lipinski definition) is 5. The zero-order valence-corrected chi connectivity index (χ0v) is 13.7. The molecule has 1 aliphatic heterocycles. The van der Waals surface area contributed by atoms with Crippen LogP contribution in [0.15, 0.2) is 16.7 Å². The molecule has 108 valence electrons. The van der Waals surface area contributed by atoms with Crippen LogP contribution in [0.2, 0.25) is 0 Å². The summed E-state index contributed by atoms with van der Waals surface area (Å²) < 4.78 is 5.89. The summed E-state index contributed by atoms with van der Waals surface area (Å²) >= 11 is 4.55. The van der Waals surface area contributed by atoms with Crippen molar-refractivity contribution in [3.05, 3.63) is 16.7 Å². The quantitative estimate of drug-likeness (QED) is 0.773. The van der Waals surface area contributed by atoms with E-state index in [1.54, 1.807) is 17.9 Å². The smallest absolute Gasteiger partial charge is 0.238 e. The lowest BCUT2D eigenvalue weighted by Gasteiger charge is -2.18. The summed E-state index contributed by atoms with van der Waals surface area (Å²) in [5, 5.41) is 0.0822. The molecule has 1 atom stereocenters. The number of anilines is 1. The maximum Gasteiger partial charge on any atom is 0.238 e. The Balaban J connectivity index is 2.13. The van der Waals surface area contributed by atoms with Crippen molar-refractivity contribution in [2.24, 2.45) is 5.92 Å². The van der Waals surface area contributed by atoms with Gasteiger partial charge in [0.25, 0.3) is 0 Å². The Kier molecular flexibility index (Phi) is 5.04. The highest BCUT2D eigenvalue weighted by molar-refractivity contribution is 9.10. The molecule has 1 aromatic rings. The highest BCUT2D eigenvalue weighted by Crippen LogP contribution is 2.33. The number of halogens is 1. The Hall–Kier alpha value is -1.08. The summed E-state index contributed by atoms with van der Waals surface area (Å²) in [6.07, 6.45) is 0.458. The molecule has 20 heavy (non-hydrogen) atoms. The van der Waals surface area contributed by atoms with Gasteiger partial charge in [0.2, 0.25) is 11.8 Å². The second kappa shape index (κ2) is 6.58. The number of pyridine rings is 1. The van der Waals surface area contributed by atoms with Gasteiger partial charge in [-0.2, -0.15) is 0 Å². The monoisotopic (exact) mass is 358 g/mol. The minimum Gasteiger partial charge on any atom is -0.479 e. The molecule has 7 heteroatoms. The molecule has 0 aromatic carbocycles. The predicted octanol–water partition coefficient (Wildman–Crippen LogP) is 2.49. The van der Waals surface area contributed by atoms with Gasteiger partial charge in [0.1, 0.15) is 10.3 Å². The molecule has 1 fully saturated rings. The van der Waals surface area contributed by atoms with E-state index in [2.05, 4.69) is 20.9 Å². The molecular weight excluding hydrogens is 344 g/mol. The third-order valence-corrected chi connectivity index (χ3v) is 4.50. The lowest BCUT2D eigenvalue weighted by atomic mass is 10.1. The molecule has 2 rings (SSSR count). The molecule has 0 bridgehead atoms. The summed E-state index contributed by atoms with van der Waals surface area (Å²) in [7, 11) is 1.53. The van der Waals surface area contributed by atoms with Gasteiger partial charge in [0.05, 0.1) is 7.11 Å². The van der Waals surface area contributed by atoms with Crippen molar-refractivity contribution in [1.82, 2.24) is 4.98 Å². The molecule has 0 spiro atoms. The molecular formula is C13H15BrN2O3S. The van der Waals surface area contributed by atoms with E-state index in [1.165, 1.54) is 18.9 Å². The predicted molar refractivity (Wildman–Crippen MR) is 82.1 cm³/mol. The minimum atomic E-state index is 0.0431. The van der Waals surface area contributed by atoms with E-state index in [-0.39, 0.29) is 16.9 Å². The van der Waals surface area contributed by atoms with E-state index in [1.807, 2.05) is 6.07 Å². The molecule has 1 aromatic heterocycles. The van der Waals surface area contributed by atoms with E-state index in [9.17, 15) is 9.59 Å². The van der Waals surface area contributed by atoms with Gasteiger partial charge in [0, 0.05) is 25.6 Å². The summed E-state index contributed by atoms with van der Waals surface area (Å²) in [6.45, 7) is 2.14. The van der Waals surface area contributed by atoms with Crippen LogP contribution in [0.4, 0.5) is 5.69 Å². The zero-order valence-electron chi connectivity index (χ0n) is 11.3. The summed E-state index contributed by atoms with van der Waals surface area (Å²) in [5.41, 5.74) is 0.677. The van der Waals surface area contributed by atoms with Crippen LogP contribution in [0, 0.1) is 5.92 Å². The Morgan fingerprint density at radius 3 is 3.00 bits per heavy atom. The molecule has 5 nitrogen and oxygen atoms in total. The number of aromatic nitrogens is 1. The van der Waals surface area contributed by atoms with Crippen LogP contribution >= 0.6 is 27.7 Å². The van der Waals surface area contributed by atoms with E-state index in [0.717, 1.165) is 0 Å². The molecule has 2 heterocycles. The number of rotatable bonds is 4. The largest absolute Gasteiger partial charge is 0.479 e. The van der Waals surface area contributed by atoms with E-state index in [4.69, 9.17) is 4.74 Å². The molecule has 1 saturated heterocycles. The van der Waals surface area contributed by atoms with Gasteiger partial charge in [-0.25, -0.2) is 4.98 Å². The molecule has 0 N–H and O–H groups in total.